The van der Waals surface area contributed by atoms with Gasteiger partial charge in [0.1, 0.15) is 0 Å². The third kappa shape index (κ3) is 8.57. The van der Waals surface area contributed by atoms with Gasteiger partial charge in [-0.25, -0.2) is 0 Å². The first-order valence-electron chi connectivity index (χ1n) is 5.60. The Morgan fingerprint density at radius 1 is 1.56 bits per heavy atom. The highest BCUT2D eigenvalue weighted by molar-refractivity contribution is 8.68. The van der Waals surface area contributed by atoms with Crippen LogP contribution in [0.25, 0.3) is 0 Å². The molecule has 0 saturated heterocycles. The molecule has 0 amide bonds. The van der Waals surface area contributed by atoms with Crippen molar-refractivity contribution in [1.82, 2.24) is 5.09 Å². The lowest BCUT2D eigenvalue weighted by Gasteiger charge is -2.18. The second kappa shape index (κ2) is 9.46. The molecular formula is C10H23N2OPS2. The fourth-order valence-corrected chi connectivity index (χ4v) is 4.62. The molecule has 0 aliphatic rings. The van der Waals surface area contributed by atoms with Crippen molar-refractivity contribution in [3.63, 3.8) is 0 Å². The Morgan fingerprint density at radius 2 is 2.25 bits per heavy atom. The molecule has 1 N–H and O–H groups in total. The van der Waals surface area contributed by atoms with Crippen LogP contribution in [0.1, 0.15) is 33.6 Å². The molecule has 0 heterocycles. The van der Waals surface area contributed by atoms with Gasteiger partial charge in [0.25, 0.3) is 0 Å². The van der Waals surface area contributed by atoms with E-state index in [2.05, 4.69) is 30.9 Å². The van der Waals surface area contributed by atoms with Crippen LogP contribution >= 0.6 is 17.0 Å². The summed E-state index contributed by atoms with van der Waals surface area (Å²) in [5.41, 5.74) is -1.94. The first-order chi connectivity index (χ1) is 7.54. The molecule has 0 aromatic carbocycles. The van der Waals surface area contributed by atoms with Crippen LogP contribution in [0.3, 0.4) is 0 Å². The molecule has 16 heavy (non-hydrogen) atoms. The zero-order valence-electron chi connectivity index (χ0n) is 10.6. The Bertz CT molecular complexity index is 247. The number of nitrogens with one attached hydrogen (secondary N) is 1. The van der Waals surface area contributed by atoms with Crippen LogP contribution in [0.15, 0.2) is 4.99 Å². The molecule has 0 saturated carbocycles. The van der Waals surface area contributed by atoms with Crippen LogP contribution in [0.5, 0.6) is 0 Å². The van der Waals surface area contributed by atoms with E-state index in [9.17, 15) is 0 Å². The van der Waals surface area contributed by atoms with Gasteiger partial charge in [-0.05, 0) is 24.1 Å². The Morgan fingerprint density at radius 3 is 2.75 bits per heavy atom. The summed E-state index contributed by atoms with van der Waals surface area (Å²) in [7, 11) is 1.67. The Labute approximate surface area is 109 Å². The summed E-state index contributed by atoms with van der Waals surface area (Å²) in [5, 5.41) is 3.14. The van der Waals surface area contributed by atoms with Crippen molar-refractivity contribution in [3.05, 3.63) is 0 Å². The van der Waals surface area contributed by atoms with E-state index in [4.69, 9.17) is 16.3 Å². The Balaban J connectivity index is 3.96. The average molecular weight is 282 g/mol. The Kier molecular flexibility index (Phi) is 9.71. The topological polar surface area (TPSA) is 33.6 Å². The Hall–Kier alpha value is 0.430. The minimum atomic E-state index is -1.94. The molecule has 1 atom stereocenters. The van der Waals surface area contributed by atoms with E-state index in [1.807, 2.05) is 0 Å². The highest BCUT2D eigenvalue weighted by atomic mass is 32.9. The highest BCUT2D eigenvalue weighted by Gasteiger charge is 2.14. The molecule has 6 heteroatoms. The van der Waals surface area contributed by atoms with Gasteiger partial charge >= 0.3 is 0 Å². The van der Waals surface area contributed by atoms with Gasteiger partial charge in [-0.2, -0.15) is 0 Å². The molecule has 0 aliphatic carbocycles. The monoisotopic (exact) mass is 282 g/mol. The quantitative estimate of drug-likeness (QED) is 0.303. The summed E-state index contributed by atoms with van der Waals surface area (Å²) >= 11 is 7.15. The van der Waals surface area contributed by atoms with Crippen molar-refractivity contribution in [1.29, 1.82) is 0 Å². The maximum atomic E-state index is 5.44. The zero-order valence-corrected chi connectivity index (χ0v) is 13.1. The lowest BCUT2D eigenvalue weighted by molar-refractivity contribution is 0.467. The number of nitrogens with zero attached hydrogens (tertiary/aromatic N) is 1. The minimum absolute atomic E-state index is 0.575. The molecule has 0 spiro atoms. The van der Waals surface area contributed by atoms with Gasteiger partial charge in [-0.1, -0.05) is 38.6 Å². The smallest absolute Gasteiger partial charge is 0.210 e. The zero-order chi connectivity index (χ0) is 12.4. The van der Waals surface area contributed by atoms with Gasteiger partial charge in [-0.3, -0.25) is 4.99 Å². The van der Waals surface area contributed by atoms with E-state index >= 15 is 0 Å². The van der Waals surface area contributed by atoms with Crippen LogP contribution in [0, 0.1) is 5.92 Å². The molecule has 1 unspecified atom stereocenters. The van der Waals surface area contributed by atoms with E-state index < -0.39 is 5.62 Å². The molecule has 0 bridgehead atoms. The fraction of sp³-hybridized carbons (Fsp3) is 0.900. The first kappa shape index (κ1) is 16.4. The average Bonchev–Trinajstić information content (AvgIpc) is 2.25. The molecule has 0 radical (unpaired) electrons. The highest BCUT2D eigenvalue weighted by Crippen LogP contribution is 2.55. The van der Waals surface area contributed by atoms with Crippen molar-refractivity contribution in [2.75, 3.05) is 19.4 Å². The van der Waals surface area contributed by atoms with Crippen molar-refractivity contribution >= 4 is 35.1 Å². The predicted octanol–water partition coefficient (Wildman–Crippen LogP) is 3.66. The van der Waals surface area contributed by atoms with E-state index in [0.717, 1.165) is 12.3 Å². The summed E-state index contributed by atoms with van der Waals surface area (Å²) in [5.74, 6) is 1.62. The molecule has 0 aromatic rings. The van der Waals surface area contributed by atoms with E-state index in [1.54, 1.807) is 24.8 Å². The fourth-order valence-electron chi connectivity index (χ4n) is 0.847. The maximum absolute atomic E-state index is 5.44. The first-order valence-corrected chi connectivity index (χ1v) is 9.91. The normalized spacial score (nSPS) is 15.6. The summed E-state index contributed by atoms with van der Waals surface area (Å²) in [6, 6.07) is 0. The lowest BCUT2D eigenvalue weighted by atomic mass is 10.2. The number of aliphatic imine (C=N–C) groups is 1. The minimum Gasteiger partial charge on any atom is -0.330 e. The molecule has 0 aliphatic heterocycles. The van der Waals surface area contributed by atoms with Crippen LogP contribution in [-0.4, -0.2) is 25.7 Å². The molecule has 0 fully saturated rings. The number of hydrogen-bond donors (Lipinski definition) is 1. The second-order valence-electron chi connectivity index (χ2n) is 3.88. The standard InChI is InChI=1S/C10H23N2OPS2/c1-5-6-7-16-14(15,13-4)12-9-11-8-10(2)3/h9-10H,5-8H2,1-4H3,(H,11,12,15). The number of unbranched alkanes of at least 4 members (excludes halogenated alkanes) is 1. The van der Waals surface area contributed by atoms with E-state index in [-0.39, 0.29) is 0 Å². The molecular weight excluding hydrogens is 259 g/mol. The molecule has 96 valence electrons. The van der Waals surface area contributed by atoms with Crippen molar-refractivity contribution in [2.45, 2.75) is 33.6 Å². The van der Waals surface area contributed by atoms with Crippen LogP contribution in [0.2, 0.25) is 0 Å². The van der Waals surface area contributed by atoms with Crippen LogP contribution in [-0.2, 0) is 16.3 Å². The van der Waals surface area contributed by atoms with Gasteiger partial charge < -0.3 is 9.61 Å². The summed E-state index contributed by atoms with van der Waals surface area (Å²) in [6.07, 6.45) is 4.08. The maximum Gasteiger partial charge on any atom is 0.210 e. The lowest BCUT2D eigenvalue weighted by Crippen LogP contribution is -2.08. The van der Waals surface area contributed by atoms with Crippen LogP contribution in [0.4, 0.5) is 0 Å². The number of hydrogen-bond acceptors (Lipinski definition) is 4. The summed E-state index contributed by atoms with van der Waals surface area (Å²) in [4.78, 5) is 4.26. The van der Waals surface area contributed by atoms with Gasteiger partial charge in [0, 0.05) is 19.4 Å². The summed E-state index contributed by atoms with van der Waals surface area (Å²) in [6.45, 7) is 7.28. The molecule has 0 aromatic heterocycles. The summed E-state index contributed by atoms with van der Waals surface area (Å²) < 4.78 is 5.38. The van der Waals surface area contributed by atoms with Crippen molar-refractivity contribution < 1.29 is 4.52 Å². The predicted molar refractivity (Wildman–Crippen MR) is 80.0 cm³/mol. The SMILES string of the molecule is CCCCSP(=S)(N/C=N/CC(C)C)OC. The van der Waals surface area contributed by atoms with E-state index in [1.165, 1.54) is 12.8 Å². The van der Waals surface area contributed by atoms with Crippen LogP contribution < -0.4 is 5.09 Å². The second-order valence-corrected chi connectivity index (χ2v) is 10.7. The van der Waals surface area contributed by atoms with Crippen molar-refractivity contribution in [2.24, 2.45) is 10.9 Å². The van der Waals surface area contributed by atoms with Crippen molar-refractivity contribution in [3.8, 4) is 0 Å². The van der Waals surface area contributed by atoms with Gasteiger partial charge in [-0.15, -0.1) is 0 Å². The molecule has 3 nitrogen and oxygen atoms in total. The third-order valence-corrected chi connectivity index (χ3v) is 7.54. The van der Waals surface area contributed by atoms with E-state index in [0.29, 0.717) is 5.92 Å². The number of rotatable bonds is 9. The van der Waals surface area contributed by atoms with Gasteiger partial charge in [0.05, 0.1) is 6.34 Å². The largest absolute Gasteiger partial charge is 0.330 e. The van der Waals surface area contributed by atoms with Gasteiger partial charge in [0.2, 0.25) is 5.62 Å². The van der Waals surface area contributed by atoms with Gasteiger partial charge in [0.15, 0.2) is 0 Å². The third-order valence-electron chi connectivity index (χ3n) is 1.78. The molecule has 0 rings (SSSR count).